The van der Waals surface area contributed by atoms with Crippen LogP contribution in [0.4, 0.5) is 5.69 Å². The number of carbonyl (C=O) groups excluding carboxylic acids is 2. The number of esters is 1. The Kier molecular flexibility index (Phi) is 5.20. The van der Waals surface area contributed by atoms with Gasteiger partial charge in [0.2, 0.25) is 0 Å². The zero-order chi connectivity index (χ0) is 16.9. The van der Waals surface area contributed by atoms with Gasteiger partial charge in [0.1, 0.15) is 0 Å². The van der Waals surface area contributed by atoms with Crippen LogP contribution in [0.5, 0.6) is 0 Å². The molecule has 0 bridgehead atoms. The molecular formula is C19H19NO3S. The highest BCUT2D eigenvalue weighted by atomic mass is 32.2. The van der Waals surface area contributed by atoms with Gasteiger partial charge < -0.3 is 10.1 Å². The molecule has 2 aromatic rings. The van der Waals surface area contributed by atoms with E-state index in [0.29, 0.717) is 11.6 Å². The van der Waals surface area contributed by atoms with Gasteiger partial charge in [0.25, 0.3) is 5.91 Å². The van der Waals surface area contributed by atoms with Crippen LogP contribution in [0.15, 0.2) is 64.4 Å². The molecule has 24 heavy (non-hydrogen) atoms. The van der Waals surface area contributed by atoms with E-state index in [2.05, 4.69) is 5.32 Å². The number of para-hydroxylation sites is 1. The molecule has 0 heterocycles. The Bertz CT molecular complexity index is 732. The van der Waals surface area contributed by atoms with Gasteiger partial charge in [-0.3, -0.25) is 9.59 Å². The van der Waals surface area contributed by atoms with E-state index in [1.165, 1.54) is 0 Å². The second kappa shape index (κ2) is 7.53. The van der Waals surface area contributed by atoms with Gasteiger partial charge >= 0.3 is 5.97 Å². The fraction of sp³-hybridized carbons (Fsp3) is 0.263. The van der Waals surface area contributed by atoms with Crippen molar-refractivity contribution >= 4 is 29.3 Å². The van der Waals surface area contributed by atoms with Gasteiger partial charge in [-0.2, -0.15) is 0 Å². The van der Waals surface area contributed by atoms with E-state index in [0.717, 1.165) is 16.2 Å². The molecule has 0 saturated heterocycles. The smallest absolute Gasteiger partial charge is 0.309 e. The normalized spacial score (nSPS) is 18.7. The van der Waals surface area contributed by atoms with E-state index in [1.807, 2.05) is 61.5 Å². The molecule has 2 aromatic carbocycles. The van der Waals surface area contributed by atoms with Crippen molar-refractivity contribution < 1.29 is 14.3 Å². The number of hydrogen-bond donors (Lipinski definition) is 1. The Labute approximate surface area is 145 Å². The van der Waals surface area contributed by atoms with Crippen LogP contribution in [0, 0.1) is 11.8 Å². The van der Waals surface area contributed by atoms with Crippen molar-refractivity contribution in [1.82, 2.24) is 0 Å². The summed E-state index contributed by atoms with van der Waals surface area (Å²) in [6.07, 6.45) is 0.858. The standard InChI is InChI=1S/C19H19NO3S/c1-13-11-15(13)19(22)23-12-18(21)20-16-9-5-6-10-17(16)24-14-7-3-2-4-8-14/h2-10,13,15H,11-12H2,1H3,(H,20,21)/t13-,15+/m1/s1. The fourth-order valence-corrected chi connectivity index (χ4v) is 3.28. The molecule has 0 spiro atoms. The summed E-state index contributed by atoms with van der Waals surface area (Å²) in [7, 11) is 0. The highest BCUT2D eigenvalue weighted by Gasteiger charge is 2.40. The lowest BCUT2D eigenvalue weighted by Gasteiger charge is -2.11. The van der Waals surface area contributed by atoms with Gasteiger partial charge in [-0.05, 0) is 36.6 Å². The van der Waals surface area contributed by atoms with E-state index in [-0.39, 0.29) is 24.4 Å². The Morgan fingerprint density at radius 1 is 1.12 bits per heavy atom. The number of rotatable bonds is 6. The number of hydrogen-bond acceptors (Lipinski definition) is 4. The summed E-state index contributed by atoms with van der Waals surface area (Å²) < 4.78 is 5.07. The quantitative estimate of drug-likeness (QED) is 0.808. The zero-order valence-electron chi connectivity index (χ0n) is 13.4. The van der Waals surface area contributed by atoms with Crippen molar-refractivity contribution in [2.75, 3.05) is 11.9 Å². The first-order valence-electron chi connectivity index (χ1n) is 7.92. The molecule has 0 aromatic heterocycles. The van der Waals surface area contributed by atoms with Gasteiger partial charge in [0.15, 0.2) is 6.61 Å². The number of anilines is 1. The zero-order valence-corrected chi connectivity index (χ0v) is 14.2. The van der Waals surface area contributed by atoms with E-state index < -0.39 is 0 Å². The first-order valence-corrected chi connectivity index (χ1v) is 8.73. The maximum Gasteiger partial charge on any atom is 0.309 e. The third kappa shape index (κ3) is 4.38. The minimum absolute atomic E-state index is 0.0290. The molecule has 1 saturated carbocycles. The van der Waals surface area contributed by atoms with Crippen molar-refractivity contribution in [3.63, 3.8) is 0 Å². The topological polar surface area (TPSA) is 55.4 Å². The summed E-state index contributed by atoms with van der Waals surface area (Å²) in [4.78, 5) is 25.8. The Morgan fingerprint density at radius 2 is 1.79 bits per heavy atom. The summed E-state index contributed by atoms with van der Waals surface area (Å²) in [5.41, 5.74) is 0.715. The Hall–Kier alpha value is -2.27. The first-order chi connectivity index (χ1) is 11.6. The summed E-state index contributed by atoms with van der Waals surface area (Å²) >= 11 is 1.57. The molecule has 2 atom stereocenters. The minimum atomic E-state index is -0.322. The van der Waals surface area contributed by atoms with Crippen LogP contribution >= 0.6 is 11.8 Å². The molecule has 1 amide bonds. The van der Waals surface area contributed by atoms with Crippen LogP contribution in [0.25, 0.3) is 0 Å². The molecule has 1 N–H and O–H groups in total. The first kappa shape index (κ1) is 16.6. The molecule has 0 aliphatic heterocycles. The van der Waals surface area contributed by atoms with E-state index >= 15 is 0 Å². The Morgan fingerprint density at radius 3 is 2.50 bits per heavy atom. The Balaban J connectivity index is 1.58. The van der Waals surface area contributed by atoms with Crippen LogP contribution < -0.4 is 5.32 Å². The molecule has 0 radical (unpaired) electrons. The maximum absolute atomic E-state index is 12.0. The predicted octanol–water partition coefficient (Wildman–Crippen LogP) is 3.98. The average molecular weight is 341 g/mol. The van der Waals surface area contributed by atoms with Crippen LogP contribution in [-0.4, -0.2) is 18.5 Å². The highest BCUT2D eigenvalue weighted by Crippen LogP contribution is 2.38. The number of benzene rings is 2. The van der Waals surface area contributed by atoms with Crippen LogP contribution in [0.2, 0.25) is 0 Å². The third-order valence-corrected chi connectivity index (χ3v) is 4.97. The van der Waals surface area contributed by atoms with Gasteiger partial charge in [-0.15, -0.1) is 0 Å². The van der Waals surface area contributed by atoms with Crippen molar-refractivity contribution in [1.29, 1.82) is 0 Å². The number of amides is 1. The molecule has 0 unspecified atom stereocenters. The van der Waals surface area contributed by atoms with Crippen molar-refractivity contribution in [2.24, 2.45) is 11.8 Å². The molecule has 4 nitrogen and oxygen atoms in total. The molecule has 1 aliphatic carbocycles. The molecule has 3 rings (SSSR count). The molecule has 1 fully saturated rings. The van der Waals surface area contributed by atoms with E-state index in [4.69, 9.17) is 4.74 Å². The van der Waals surface area contributed by atoms with Gasteiger partial charge in [0, 0.05) is 9.79 Å². The van der Waals surface area contributed by atoms with Crippen molar-refractivity contribution in [3.8, 4) is 0 Å². The molecular weight excluding hydrogens is 322 g/mol. The second-order valence-electron chi connectivity index (χ2n) is 5.89. The summed E-state index contributed by atoms with van der Waals surface area (Å²) in [5.74, 6) is -0.246. The SMILES string of the molecule is C[C@@H]1C[C@@H]1C(=O)OCC(=O)Nc1ccccc1Sc1ccccc1. The van der Waals surface area contributed by atoms with Crippen molar-refractivity contribution in [3.05, 3.63) is 54.6 Å². The average Bonchev–Trinajstić information content (AvgIpc) is 3.32. The van der Waals surface area contributed by atoms with Crippen LogP contribution in [0.1, 0.15) is 13.3 Å². The van der Waals surface area contributed by atoms with E-state index in [9.17, 15) is 9.59 Å². The predicted molar refractivity (Wildman–Crippen MR) is 93.9 cm³/mol. The van der Waals surface area contributed by atoms with Crippen molar-refractivity contribution in [2.45, 2.75) is 23.1 Å². The monoisotopic (exact) mass is 341 g/mol. The van der Waals surface area contributed by atoms with Crippen LogP contribution in [0.3, 0.4) is 0 Å². The largest absolute Gasteiger partial charge is 0.455 e. The molecule has 124 valence electrons. The van der Waals surface area contributed by atoms with Gasteiger partial charge in [-0.1, -0.05) is 49.0 Å². The second-order valence-corrected chi connectivity index (χ2v) is 7.00. The lowest BCUT2D eigenvalue weighted by Crippen LogP contribution is -2.22. The third-order valence-electron chi connectivity index (χ3n) is 3.89. The molecule has 5 heteroatoms. The van der Waals surface area contributed by atoms with E-state index in [1.54, 1.807) is 11.8 Å². The minimum Gasteiger partial charge on any atom is -0.455 e. The summed E-state index contributed by atoms with van der Waals surface area (Å²) in [6.45, 7) is 1.76. The molecule has 1 aliphatic rings. The van der Waals surface area contributed by atoms with Gasteiger partial charge in [0.05, 0.1) is 11.6 Å². The number of carbonyl (C=O) groups is 2. The number of nitrogens with one attached hydrogen (secondary N) is 1. The lowest BCUT2D eigenvalue weighted by molar-refractivity contribution is -0.148. The summed E-state index contributed by atoms with van der Waals surface area (Å²) in [5, 5.41) is 2.82. The van der Waals surface area contributed by atoms with Gasteiger partial charge in [-0.25, -0.2) is 0 Å². The maximum atomic E-state index is 12.0. The number of ether oxygens (including phenoxy) is 1. The summed E-state index contributed by atoms with van der Waals surface area (Å²) in [6, 6.07) is 17.5. The lowest BCUT2D eigenvalue weighted by atomic mass is 10.3. The fourth-order valence-electron chi connectivity index (χ4n) is 2.35. The highest BCUT2D eigenvalue weighted by molar-refractivity contribution is 7.99. The van der Waals surface area contributed by atoms with Crippen LogP contribution in [-0.2, 0) is 14.3 Å².